The summed E-state index contributed by atoms with van der Waals surface area (Å²) < 4.78 is 0. The van der Waals surface area contributed by atoms with E-state index in [0.717, 1.165) is 28.3 Å². The molecule has 0 fully saturated rings. The maximum atomic E-state index is 10.6. The van der Waals surface area contributed by atoms with Crippen LogP contribution in [0.3, 0.4) is 0 Å². The fourth-order valence-electron chi connectivity index (χ4n) is 1.94. The molecule has 0 spiro atoms. The van der Waals surface area contributed by atoms with Gasteiger partial charge < -0.3 is 10.2 Å². The van der Waals surface area contributed by atoms with Crippen molar-refractivity contribution in [2.75, 3.05) is 0 Å². The number of rotatable bonds is 3. The molecule has 4 heteroatoms. The van der Waals surface area contributed by atoms with Crippen LogP contribution in [-0.2, 0) is 4.79 Å². The third-order valence-corrected chi connectivity index (χ3v) is 3.71. The lowest BCUT2D eigenvalue weighted by molar-refractivity contribution is -0.131. The van der Waals surface area contributed by atoms with Crippen molar-refractivity contribution in [2.24, 2.45) is 0 Å². The van der Waals surface area contributed by atoms with Gasteiger partial charge in [-0.3, -0.25) is 0 Å². The highest BCUT2D eigenvalue weighted by molar-refractivity contribution is 7.07. The SMILES string of the molecule is Cc1ccc(O)ccscc1-c1cccc(/C=C/C(=O)O)c1. The largest absolute Gasteiger partial charge is 0.508 e. The van der Waals surface area contributed by atoms with E-state index < -0.39 is 5.97 Å². The minimum Gasteiger partial charge on any atom is -0.508 e. The average Bonchev–Trinajstić information content (AvgIpc) is 2.58. The maximum Gasteiger partial charge on any atom is 0.328 e. The van der Waals surface area contributed by atoms with Gasteiger partial charge >= 0.3 is 5.97 Å². The molecule has 2 N–H and O–H groups in total. The van der Waals surface area contributed by atoms with Crippen LogP contribution in [-0.4, -0.2) is 16.2 Å². The number of benzene rings is 1. The Balaban J connectivity index is 2.53. The quantitative estimate of drug-likeness (QED) is 0.811. The molecule has 0 aliphatic carbocycles. The van der Waals surface area contributed by atoms with Gasteiger partial charge in [-0.15, -0.1) is 0 Å². The average molecular weight is 312 g/mol. The second-order valence-electron chi connectivity index (χ2n) is 4.71. The van der Waals surface area contributed by atoms with E-state index in [1.165, 1.54) is 11.3 Å². The van der Waals surface area contributed by atoms with Crippen LogP contribution in [0.15, 0.2) is 59.3 Å². The lowest BCUT2D eigenvalue weighted by Crippen LogP contribution is -1.86. The van der Waals surface area contributed by atoms with E-state index in [9.17, 15) is 9.90 Å². The predicted molar refractivity (Wildman–Crippen MR) is 90.5 cm³/mol. The first-order chi connectivity index (χ1) is 10.6. The molecule has 2 rings (SSSR count). The Morgan fingerprint density at radius 2 is 2.00 bits per heavy atom. The molecule has 1 aromatic carbocycles. The van der Waals surface area contributed by atoms with Gasteiger partial charge in [0.1, 0.15) is 5.75 Å². The first kappa shape index (κ1) is 15.8. The van der Waals surface area contributed by atoms with Gasteiger partial charge in [0.05, 0.1) is 0 Å². The molecule has 3 nitrogen and oxygen atoms in total. The number of aliphatic carboxylic acids is 1. The Hall–Kier alpha value is -2.59. The van der Waals surface area contributed by atoms with Crippen LogP contribution >= 0.6 is 11.3 Å². The number of aromatic hydroxyl groups is 1. The summed E-state index contributed by atoms with van der Waals surface area (Å²) in [5, 5.41) is 22.1. The summed E-state index contributed by atoms with van der Waals surface area (Å²) in [6, 6.07) is 12.8. The summed E-state index contributed by atoms with van der Waals surface area (Å²) in [5.74, 6) is -0.760. The molecule has 0 radical (unpaired) electrons. The normalized spacial score (nSPS) is 10.4. The third kappa shape index (κ3) is 4.46. The van der Waals surface area contributed by atoms with Gasteiger partial charge in [-0.25, -0.2) is 4.79 Å². The van der Waals surface area contributed by atoms with Crippen molar-refractivity contribution in [3.05, 3.63) is 70.4 Å². The minimum atomic E-state index is -0.968. The Kier molecular flexibility index (Phi) is 5.33. The highest BCUT2D eigenvalue weighted by Gasteiger charge is 2.01. The topological polar surface area (TPSA) is 57.5 Å². The molecule has 0 amide bonds. The van der Waals surface area contributed by atoms with Crippen LogP contribution in [0.2, 0.25) is 0 Å². The van der Waals surface area contributed by atoms with E-state index in [0.29, 0.717) is 0 Å². The monoisotopic (exact) mass is 312 g/mol. The lowest BCUT2D eigenvalue weighted by atomic mass is 10.0. The van der Waals surface area contributed by atoms with E-state index in [4.69, 9.17) is 5.11 Å². The van der Waals surface area contributed by atoms with E-state index >= 15 is 0 Å². The van der Waals surface area contributed by atoms with Gasteiger partial charge in [-0.05, 0) is 64.2 Å². The van der Waals surface area contributed by atoms with Crippen molar-refractivity contribution in [1.29, 1.82) is 0 Å². The van der Waals surface area contributed by atoms with Crippen molar-refractivity contribution in [2.45, 2.75) is 6.92 Å². The Bertz CT molecular complexity index is 759. The van der Waals surface area contributed by atoms with Crippen molar-refractivity contribution in [3.8, 4) is 16.9 Å². The highest BCUT2D eigenvalue weighted by atomic mass is 32.1. The second-order valence-corrected chi connectivity index (χ2v) is 5.49. The summed E-state index contributed by atoms with van der Waals surface area (Å²) in [6.07, 6.45) is 2.69. The fraction of sp³-hybridized carbons (Fsp3) is 0.0556. The number of hydrogen-bond acceptors (Lipinski definition) is 3. The molecule has 22 heavy (non-hydrogen) atoms. The summed E-state index contributed by atoms with van der Waals surface area (Å²) in [7, 11) is 0. The number of aryl methyl sites for hydroxylation is 1. The van der Waals surface area contributed by atoms with Crippen LogP contribution in [0, 0.1) is 6.92 Å². The minimum absolute atomic E-state index is 0.208. The Morgan fingerprint density at radius 1 is 1.18 bits per heavy atom. The maximum absolute atomic E-state index is 10.6. The summed E-state index contributed by atoms with van der Waals surface area (Å²) >= 11 is 1.48. The number of hydrogen-bond donors (Lipinski definition) is 2. The predicted octanol–water partition coefficient (Wildman–Crippen LogP) is 4.65. The summed E-state index contributed by atoms with van der Waals surface area (Å²) in [5.41, 5.74) is 3.87. The third-order valence-electron chi connectivity index (χ3n) is 3.05. The molecule has 0 saturated heterocycles. The Morgan fingerprint density at radius 3 is 2.77 bits per heavy atom. The molecule has 1 heterocycles. The molecule has 0 atom stereocenters. The zero-order chi connectivity index (χ0) is 15.9. The fourth-order valence-corrected chi connectivity index (χ4v) is 2.69. The zero-order valence-electron chi connectivity index (χ0n) is 12.1. The summed E-state index contributed by atoms with van der Waals surface area (Å²) in [4.78, 5) is 10.6. The molecule has 0 unspecified atom stereocenters. The first-order valence-corrected chi connectivity index (χ1v) is 7.62. The molecular weight excluding hydrogens is 296 g/mol. The van der Waals surface area contributed by atoms with Crippen LogP contribution < -0.4 is 0 Å². The van der Waals surface area contributed by atoms with Gasteiger partial charge in [-0.2, -0.15) is 11.3 Å². The van der Waals surface area contributed by atoms with Gasteiger partial charge in [0.15, 0.2) is 0 Å². The van der Waals surface area contributed by atoms with Crippen LogP contribution in [0.1, 0.15) is 11.1 Å². The molecule has 112 valence electrons. The van der Waals surface area contributed by atoms with Crippen molar-refractivity contribution >= 4 is 23.4 Å². The first-order valence-electron chi connectivity index (χ1n) is 6.68. The highest BCUT2D eigenvalue weighted by Crippen LogP contribution is 2.25. The molecule has 0 bridgehead atoms. The number of carbonyl (C=O) groups is 1. The summed E-state index contributed by atoms with van der Waals surface area (Å²) in [6.45, 7) is 1.97. The van der Waals surface area contributed by atoms with Gasteiger partial charge in [0.25, 0.3) is 0 Å². The number of carboxylic acid groups (broad SMARTS) is 1. The van der Waals surface area contributed by atoms with Crippen LogP contribution in [0.4, 0.5) is 0 Å². The number of carboxylic acids is 1. The van der Waals surface area contributed by atoms with E-state index in [1.807, 2.05) is 48.0 Å². The van der Waals surface area contributed by atoms with E-state index in [1.54, 1.807) is 18.2 Å². The van der Waals surface area contributed by atoms with Gasteiger partial charge in [-0.1, -0.05) is 24.3 Å². The van der Waals surface area contributed by atoms with Crippen LogP contribution in [0.5, 0.6) is 5.75 Å². The van der Waals surface area contributed by atoms with E-state index in [-0.39, 0.29) is 5.75 Å². The van der Waals surface area contributed by atoms with Gasteiger partial charge in [0.2, 0.25) is 0 Å². The molecule has 1 aromatic heterocycles. The molecule has 0 aliphatic rings. The van der Waals surface area contributed by atoms with Crippen molar-refractivity contribution < 1.29 is 15.0 Å². The Labute approximate surface area is 133 Å². The van der Waals surface area contributed by atoms with Crippen molar-refractivity contribution in [1.82, 2.24) is 0 Å². The standard InChI is InChI=1S/C18H16O3S/c1-13-5-7-16(19)9-10-22-12-17(13)15-4-2-3-14(11-15)6-8-18(20)21/h2-12,19H,1H3,(H,20,21)/b8-6+,10-9?,13-5?,16-7?,17-12?. The molecular formula is C18H16O3S. The molecule has 0 saturated carbocycles. The van der Waals surface area contributed by atoms with E-state index in [2.05, 4.69) is 0 Å². The van der Waals surface area contributed by atoms with Crippen LogP contribution in [0.25, 0.3) is 17.2 Å². The molecule has 0 aliphatic heterocycles. The lowest BCUT2D eigenvalue weighted by Gasteiger charge is -2.04. The van der Waals surface area contributed by atoms with Crippen molar-refractivity contribution in [3.63, 3.8) is 0 Å². The second kappa shape index (κ2) is 7.43. The van der Waals surface area contributed by atoms with Gasteiger partial charge in [0, 0.05) is 6.08 Å². The molecule has 2 aromatic rings. The smallest absolute Gasteiger partial charge is 0.328 e. The zero-order valence-corrected chi connectivity index (χ0v) is 12.9.